The first-order chi connectivity index (χ1) is 9.22. The molecule has 0 aliphatic heterocycles. The van der Waals surface area contributed by atoms with Crippen molar-refractivity contribution in [3.8, 4) is 5.75 Å². The Labute approximate surface area is 118 Å². The van der Waals surface area contributed by atoms with Gasteiger partial charge in [-0.2, -0.15) is 0 Å². The minimum atomic E-state index is 0.621. The lowest BCUT2D eigenvalue weighted by molar-refractivity contribution is 0.417. The molecule has 0 amide bonds. The average Bonchev–Trinajstić information content (AvgIpc) is 2.48. The lowest BCUT2D eigenvalue weighted by Crippen LogP contribution is -2.30. The number of anilines is 2. The smallest absolute Gasteiger partial charge is 0.177 e. The summed E-state index contributed by atoms with van der Waals surface area (Å²) in [5.74, 6) is 0.770. The van der Waals surface area contributed by atoms with Gasteiger partial charge in [-0.05, 0) is 36.5 Å². The summed E-state index contributed by atoms with van der Waals surface area (Å²) >= 11 is 5.41. The van der Waals surface area contributed by atoms with Gasteiger partial charge in [0.2, 0.25) is 0 Å². The predicted molar refractivity (Wildman–Crippen MR) is 84.1 cm³/mol. The number of ether oxygens (including phenoxy) is 1. The molecule has 4 heteroatoms. The SMILES string of the molecule is COc1ccccc1NC(=S)N(C)c1ccccc1. The quantitative estimate of drug-likeness (QED) is 0.864. The van der Waals surface area contributed by atoms with E-state index in [2.05, 4.69) is 5.32 Å². The van der Waals surface area contributed by atoms with E-state index >= 15 is 0 Å². The molecule has 1 N–H and O–H groups in total. The summed E-state index contributed by atoms with van der Waals surface area (Å²) in [7, 11) is 3.57. The van der Waals surface area contributed by atoms with Crippen LogP contribution in [0.4, 0.5) is 11.4 Å². The van der Waals surface area contributed by atoms with Crippen LogP contribution in [0.3, 0.4) is 0 Å². The van der Waals surface area contributed by atoms with Crippen LogP contribution < -0.4 is 15.0 Å². The Kier molecular flexibility index (Phi) is 4.36. The molecule has 0 aliphatic rings. The Morgan fingerprint density at radius 1 is 1.05 bits per heavy atom. The van der Waals surface area contributed by atoms with Gasteiger partial charge in [0.15, 0.2) is 5.11 Å². The fourth-order valence-electron chi connectivity index (χ4n) is 1.72. The van der Waals surface area contributed by atoms with Gasteiger partial charge in [-0.1, -0.05) is 30.3 Å². The molecule has 2 aromatic carbocycles. The van der Waals surface area contributed by atoms with Crippen LogP contribution in [0, 0.1) is 0 Å². The highest BCUT2D eigenvalue weighted by molar-refractivity contribution is 7.80. The Balaban J connectivity index is 2.13. The van der Waals surface area contributed by atoms with Gasteiger partial charge in [0.1, 0.15) is 5.75 Å². The summed E-state index contributed by atoms with van der Waals surface area (Å²) in [4.78, 5) is 1.92. The molecule has 0 unspecified atom stereocenters. The highest BCUT2D eigenvalue weighted by atomic mass is 32.1. The van der Waals surface area contributed by atoms with Crippen molar-refractivity contribution in [3.05, 3.63) is 54.6 Å². The van der Waals surface area contributed by atoms with E-state index in [0.29, 0.717) is 5.11 Å². The van der Waals surface area contributed by atoms with Gasteiger partial charge < -0.3 is 15.0 Å². The molecule has 98 valence electrons. The third-order valence-corrected chi connectivity index (χ3v) is 3.17. The van der Waals surface area contributed by atoms with E-state index < -0.39 is 0 Å². The molecular weight excluding hydrogens is 256 g/mol. The summed E-state index contributed by atoms with van der Waals surface area (Å²) < 4.78 is 5.29. The van der Waals surface area contributed by atoms with Gasteiger partial charge in [-0.25, -0.2) is 0 Å². The van der Waals surface area contributed by atoms with Crippen molar-refractivity contribution in [2.45, 2.75) is 0 Å². The molecule has 0 fully saturated rings. The number of rotatable bonds is 3. The first kappa shape index (κ1) is 13.4. The third-order valence-electron chi connectivity index (χ3n) is 2.80. The number of nitrogens with zero attached hydrogens (tertiary/aromatic N) is 1. The van der Waals surface area contributed by atoms with Crippen molar-refractivity contribution in [2.24, 2.45) is 0 Å². The maximum Gasteiger partial charge on any atom is 0.177 e. The second-order valence-corrected chi connectivity index (χ2v) is 4.41. The van der Waals surface area contributed by atoms with Crippen LogP contribution in [-0.4, -0.2) is 19.3 Å². The molecule has 3 nitrogen and oxygen atoms in total. The van der Waals surface area contributed by atoms with E-state index in [1.807, 2.05) is 66.5 Å². The Morgan fingerprint density at radius 2 is 1.68 bits per heavy atom. The fraction of sp³-hybridized carbons (Fsp3) is 0.133. The van der Waals surface area contributed by atoms with Crippen LogP contribution in [0.25, 0.3) is 0 Å². The maximum absolute atomic E-state index is 5.41. The minimum absolute atomic E-state index is 0.621. The molecule has 0 radical (unpaired) electrons. The minimum Gasteiger partial charge on any atom is -0.495 e. The van der Waals surface area contributed by atoms with Crippen molar-refractivity contribution in [1.29, 1.82) is 0 Å². The predicted octanol–water partition coefficient (Wildman–Crippen LogP) is 3.53. The van der Waals surface area contributed by atoms with Crippen LogP contribution in [0.1, 0.15) is 0 Å². The number of benzene rings is 2. The molecule has 0 spiro atoms. The van der Waals surface area contributed by atoms with E-state index in [0.717, 1.165) is 17.1 Å². The van der Waals surface area contributed by atoms with Gasteiger partial charge in [0, 0.05) is 12.7 Å². The zero-order valence-corrected chi connectivity index (χ0v) is 11.8. The number of methoxy groups -OCH3 is 1. The average molecular weight is 272 g/mol. The maximum atomic E-state index is 5.41. The summed E-state index contributed by atoms with van der Waals surface area (Å²) in [6.45, 7) is 0. The number of hydrogen-bond acceptors (Lipinski definition) is 2. The first-order valence-electron chi connectivity index (χ1n) is 5.95. The van der Waals surface area contributed by atoms with E-state index in [4.69, 9.17) is 17.0 Å². The van der Waals surface area contributed by atoms with Gasteiger partial charge >= 0.3 is 0 Å². The molecule has 0 saturated carbocycles. The summed E-state index contributed by atoms with van der Waals surface area (Å²) in [5.41, 5.74) is 1.90. The Morgan fingerprint density at radius 3 is 2.37 bits per heavy atom. The largest absolute Gasteiger partial charge is 0.495 e. The fourth-order valence-corrected chi connectivity index (χ4v) is 1.93. The van der Waals surface area contributed by atoms with Crippen LogP contribution in [0.2, 0.25) is 0 Å². The number of thiocarbonyl (C=S) groups is 1. The zero-order valence-electron chi connectivity index (χ0n) is 11.0. The van der Waals surface area contributed by atoms with Crippen molar-refractivity contribution < 1.29 is 4.74 Å². The van der Waals surface area contributed by atoms with Gasteiger partial charge in [-0.15, -0.1) is 0 Å². The van der Waals surface area contributed by atoms with Crippen molar-refractivity contribution >= 4 is 28.7 Å². The normalized spacial score (nSPS) is 9.79. The third kappa shape index (κ3) is 3.23. The molecule has 0 saturated heterocycles. The van der Waals surface area contributed by atoms with Crippen LogP contribution in [0.15, 0.2) is 54.6 Å². The summed E-state index contributed by atoms with van der Waals surface area (Å²) in [5, 5.41) is 3.81. The molecule has 2 rings (SSSR count). The summed E-state index contributed by atoms with van der Waals surface area (Å²) in [6.07, 6.45) is 0. The Hall–Kier alpha value is -2.07. The number of nitrogens with one attached hydrogen (secondary N) is 1. The van der Waals surface area contributed by atoms with Crippen molar-refractivity contribution in [2.75, 3.05) is 24.4 Å². The lowest BCUT2D eigenvalue weighted by atomic mass is 10.3. The van der Waals surface area contributed by atoms with E-state index in [-0.39, 0.29) is 0 Å². The first-order valence-corrected chi connectivity index (χ1v) is 6.36. The highest BCUT2D eigenvalue weighted by Crippen LogP contribution is 2.24. The number of hydrogen-bond donors (Lipinski definition) is 1. The van der Waals surface area contributed by atoms with E-state index in [1.54, 1.807) is 7.11 Å². The molecule has 2 aromatic rings. The molecule has 0 atom stereocenters. The molecule has 0 aliphatic carbocycles. The van der Waals surface area contributed by atoms with Gasteiger partial charge in [0.25, 0.3) is 0 Å². The molecule has 19 heavy (non-hydrogen) atoms. The standard InChI is InChI=1S/C15H16N2OS/c1-17(12-8-4-3-5-9-12)15(19)16-13-10-6-7-11-14(13)18-2/h3-11H,1-2H3,(H,16,19). The molecule has 0 bridgehead atoms. The van der Waals surface area contributed by atoms with Crippen molar-refractivity contribution in [1.82, 2.24) is 0 Å². The van der Waals surface area contributed by atoms with Crippen LogP contribution in [0.5, 0.6) is 5.75 Å². The topological polar surface area (TPSA) is 24.5 Å². The van der Waals surface area contributed by atoms with Crippen LogP contribution >= 0.6 is 12.2 Å². The molecule has 0 heterocycles. The monoisotopic (exact) mass is 272 g/mol. The van der Waals surface area contributed by atoms with E-state index in [9.17, 15) is 0 Å². The zero-order chi connectivity index (χ0) is 13.7. The molecule has 0 aromatic heterocycles. The van der Waals surface area contributed by atoms with Crippen molar-refractivity contribution in [3.63, 3.8) is 0 Å². The Bertz CT molecular complexity index is 557. The number of para-hydroxylation sites is 3. The van der Waals surface area contributed by atoms with Gasteiger partial charge in [0.05, 0.1) is 12.8 Å². The van der Waals surface area contributed by atoms with Crippen LogP contribution in [-0.2, 0) is 0 Å². The molecular formula is C15H16N2OS. The van der Waals surface area contributed by atoms with Gasteiger partial charge in [-0.3, -0.25) is 0 Å². The second kappa shape index (κ2) is 6.20. The van der Waals surface area contributed by atoms with E-state index in [1.165, 1.54) is 0 Å². The summed E-state index contributed by atoms with van der Waals surface area (Å²) in [6, 6.07) is 17.7. The highest BCUT2D eigenvalue weighted by Gasteiger charge is 2.09. The lowest BCUT2D eigenvalue weighted by Gasteiger charge is -2.21. The second-order valence-electron chi connectivity index (χ2n) is 4.03.